The van der Waals surface area contributed by atoms with E-state index in [4.69, 9.17) is 4.74 Å². The van der Waals surface area contributed by atoms with Crippen molar-refractivity contribution in [2.24, 2.45) is 0 Å². The van der Waals surface area contributed by atoms with Crippen LogP contribution in [0.3, 0.4) is 0 Å². The van der Waals surface area contributed by atoms with Gasteiger partial charge in [0, 0.05) is 12.6 Å². The van der Waals surface area contributed by atoms with E-state index in [2.05, 4.69) is 22.1 Å². The molecule has 1 aliphatic heterocycles. The van der Waals surface area contributed by atoms with Crippen molar-refractivity contribution < 1.29 is 9.53 Å². The first kappa shape index (κ1) is 16.4. The standard InChI is InChI=1S/C17H23N3O2S/c1-13(20-8-4-5-9-20)10-18-16(21)11-22-12-17-19-14-6-2-3-7-15(14)23-17/h2-3,6-7,13H,4-5,8-12H2,1H3,(H,18,21)/t13-/m0/s1. The first-order chi connectivity index (χ1) is 11.2. The molecule has 124 valence electrons. The van der Waals surface area contributed by atoms with Gasteiger partial charge in [-0.05, 0) is 45.0 Å². The van der Waals surface area contributed by atoms with Gasteiger partial charge in [-0.2, -0.15) is 0 Å². The molecule has 0 spiro atoms. The highest BCUT2D eigenvalue weighted by atomic mass is 32.1. The molecular weight excluding hydrogens is 310 g/mol. The molecule has 1 saturated heterocycles. The van der Waals surface area contributed by atoms with Crippen molar-refractivity contribution >= 4 is 27.5 Å². The molecule has 1 aliphatic rings. The third-order valence-corrected chi connectivity index (χ3v) is 5.17. The van der Waals surface area contributed by atoms with E-state index in [9.17, 15) is 4.79 Å². The van der Waals surface area contributed by atoms with Gasteiger partial charge in [0.25, 0.3) is 0 Å². The second kappa shape index (κ2) is 7.86. The van der Waals surface area contributed by atoms with E-state index in [-0.39, 0.29) is 12.5 Å². The first-order valence-electron chi connectivity index (χ1n) is 8.15. The zero-order chi connectivity index (χ0) is 16.1. The van der Waals surface area contributed by atoms with Crippen molar-refractivity contribution in [1.82, 2.24) is 15.2 Å². The highest BCUT2D eigenvalue weighted by Crippen LogP contribution is 2.21. The Morgan fingerprint density at radius 3 is 2.96 bits per heavy atom. The number of fused-ring (bicyclic) bond motifs is 1. The molecule has 6 heteroatoms. The summed E-state index contributed by atoms with van der Waals surface area (Å²) < 4.78 is 6.64. The summed E-state index contributed by atoms with van der Waals surface area (Å²) in [5.74, 6) is -0.0582. The number of amides is 1. The lowest BCUT2D eigenvalue weighted by atomic mass is 10.3. The Kier molecular flexibility index (Phi) is 5.59. The van der Waals surface area contributed by atoms with Gasteiger partial charge in [0.2, 0.25) is 5.91 Å². The topological polar surface area (TPSA) is 54.5 Å². The minimum atomic E-state index is -0.0582. The quantitative estimate of drug-likeness (QED) is 0.845. The van der Waals surface area contributed by atoms with Crippen LogP contribution in [0.1, 0.15) is 24.8 Å². The van der Waals surface area contributed by atoms with Crippen LogP contribution >= 0.6 is 11.3 Å². The number of aromatic nitrogens is 1. The third-order valence-electron chi connectivity index (χ3n) is 4.16. The lowest BCUT2D eigenvalue weighted by Crippen LogP contribution is -2.41. The molecular formula is C17H23N3O2S. The predicted molar refractivity (Wildman–Crippen MR) is 92.6 cm³/mol. The minimum absolute atomic E-state index is 0.0582. The molecule has 2 heterocycles. The Hall–Kier alpha value is -1.50. The Morgan fingerprint density at radius 1 is 1.39 bits per heavy atom. The van der Waals surface area contributed by atoms with Crippen LogP contribution in [-0.4, -0.2) is 48.1 Å². The average Bonchev–Trinajstić information content (AvgIpc) is 3.21. The number of carbonyl (C=O) groups excluding carboxylic acids is 1. The van der Waals surface area contributed by atoms with Gasteiger partial charge >= 0.3 is 0 Å². The molecule has 0 unspecified atom stereocenters. The van der Waals surface area contributed by atoms with Gasteiger partial charge in [-0.1, -0.05) is 12.1 Å². The smallest absolute Gasteiger partial charge is 0.246 e. The van der Waals surface area contributed by atoms with Crippen LogP contribution in [0.15, 0.2) is 24.3 Å². The van der Waals surface area contributed by atoms with Crippen LogP contribution in [-0.2, 0) is 16.1 Å². The molecule has 1 aromatic heterocycles. The zero-order valence-corrected chi connectivity index (χ0v) is 14.3. The minimum Gasteiger partial charge on any atom is -0.364 e. The average molecular weight is 333 g/mol. The van der Waals surface area contributed by atoms with Crippen LogP contribution in [0.4, 0.5) is 0 Å². The van der Waals surface area contributed by atoms with Gasteiger partial charge in [0.05, 0.1) is 16.8 Å². The van der Waals surface area contributed by atoms with Gasteiger partial charge in [0.1, 0.15) is 11.6 Å². The normalized spacial score (nSPS) is 16.7. The molecule has 5 nitrogen and oxygen atoms in total. The molecule has 0 saturated carbocycles. The Labute approximate surface area is 140 Å². The summed E-state index contributed by atoms with van der Waals surface area (Å²) in [6, 6.07) is 8.40. The summed E-state index contributed by atoms with van der Waals surface area (Å²) in [7, 11) is 0. The predicted octanol–water partition coefficient (Wildman–Crippen LogP) is 2.41. The first-order valence-corrected chi connectivity index (χ1v) is 8.97. The van der Waals surface area contributed by atoms with Crippen molar-refractivity contribution in [1.29, 1.82) is 0 Å². The molecule has 1 aromatic carbocycles. The fourth-order valence-electron chi connectivity index (χ4n) is 2.84. The summed E-state index contributed by atoms with van der Waals surface area (Å²) in [6.45, 7) is 5.60. The van der Waals surface area contributed by atoms with E-state index in [1.807, 2.05) is 24.3 Å². The lowest BCUT2D eigenvalue weighted by molar-refractivity contribution is -0.126. The molecule has 0 bridgehead atoms. The summed E-state index contributed by atoms with van der Waals surface area (Å²) in [4.78, 5) is 18.8. The fourth-order valence-corrected chi connectivity index (χ4v) is 3.74. The zero-order valence-electron chi connectivity index (χ0n) is 13.5. The Balaban J connectivity index is 1.37. The van der Waals surface area contributed by atoms with Gasteiger partial charge < -0.3 is 10.1 Å². The van der Waals surface area contributed by atoms with Gasteiger partial charge in [0.15, 0.2) is 0 Å². The maximum Gasteiger partial charge on any atom is 0.246 e. The van der Waals surface area contributed by atoms with E-state index < -0.39 is 0 Å². The van der Waals surface area contributed by atoms with E-state index >= 15 is 0 Å². The van der Waals surface area contributed by atoms with Crippen LogP contribution in [0.2, 0.25) is 0 Å². The monoisotopic (exact) mass is 333 g/mol. The molecule has 0 aliphatic carbocycles. The number of carbonyl (C=O) groups is 1. The van der Waals surface area contributed by atoms with Crippen molar-refractivity contribution in [3.63, 3.8) is 0 Å². The maximum atomic E-state index is 11.9. The number of hydrogen-bond donors (Lipinski definition) is 1. The van der Waals surface area contributed by atoms with Crippen LogP contribution in [0.5, 0.6) is 0 Å². The summed E-state index contributed by atoms with van der Waals surface area (Å²) in [5, 5.41) is 3.86. The molecule has 2 aromatic rings. The molecule has 23 heavy (non-hydrogen) atoms. The number of likely N-dealkylation sites (tertiary alicyclic amines) is 1. The highest BCUT2D eigenvalue weighted by Gasteiger charge is 2.18. The van der Waals surface area contributed by atoms with Crippen molar-refractivity contribution in [3.8, 4) is 0 Å². The second-order valence-corrected chi connectivity index (χ2v) is 7.08. The van der Waals surface area contributed by atoms with Gasteiger partial charge in [-0.15, -0.1) is 11.3 Å². The molecule has 1 atom stereocenters. The number of thiazole rings is 1. The third kappa shape index (κ3) is 4.50. The summed E-state index contributed by atoms with van der Waals surface area (Å²) in [5.41, 5.74) is 0.986. The van der Waals surface area contributed by atoms with E-state index in [0.717, 1.165) is 28.3 Å². The number of ether oxygens (including phenoxy) is 1. The molecule has 1 fully saturated rings. The Morgan fingerprint density at radius 2 is 2.17 bits per heavy atom. The Bertz CT molecular complexity index is 619. The van der Waals surface area contributed by atoms with E-state index in [1.54, 1.807) is 11.3 Å². The van der Waals surface area contributed by atoms with E-state index in [1.165, 1.54) is 12.8 Å². The number of nitrogens with one attached hydrogen (secondary N) is 1. The molecule has 3 rings (SSSR count). The van der Waals surface area contributed by atoms with Crippen molar-refractivity contribution in [3.05, 3.63) is 29.3 Å². The van der Waals surface area contributed by atoms with Crippen molar-refractivity contribution in [2.45, 2.75) is 32.4 Å². The van der Waals surface area contributed by atoms with E-state index in [0.29, 0.717) is 19.2 Å². The van der Waals surface area contributed by atoms with Crippen molar-refractivity contribution in [2.75, 3.05) is 26.2 Å². The number of nitrogens with zero attached hydrogens (tertiary/aromatic N) is 2. The lowest BCUT2D eigenvalue weighted by Gasteiger charge is -2.23. The number of rotatable bonds is 7. The maximum absolute atomic E-state index is 11.9. The molecule has 0 radical (unpaired) electrons. The van der Waals surface area contributed by atoms with Gasteiger partial charge in [-0.25, -0.2) is 4.98 Å². The summed E-state index contributed by atoms with van der Waals surface area (Å²) >= 11 is 1.61. The fraction of sp³-hybridized carbons (Fsp3) is 0.529. The molecule has 1 N–H and O–H groups in total. The number of hydrogen-bond acceptors (Lipinski definition) is 5. The highest BCUT2D eigenvalue weighted by molar-refractivity contribution is 7.18. The number of benzene rings is 1. The van der Waals surface area contributed by atoms with Crippen LogP contribution < -0.4 is 5.32 Å². The number of para-hydroxylation sites is 1. The second-order valence-electron chi connectivity index (χ2n) is 5.96. The van der Waals surface area contributed by atoms with Crippen LogP contribution in [0.25, 0.3) is 10.2 Å². The largest absolute Gasteiger partial charge is 0.364 e. The SMILES string of the molecule is C[C@@H](CNC(=O)COCc1nc2ccccc2s1)N1CCCC1. The van der Waals surface area contributed by atoms with Crippen LogP contribution in [0, 0.1) is 0 Å². The van der Waals surface area contributed by atoms with Gasteiger partial charge in [-0.3, -0.25) is 9.69 Å². The summed E-state index contributed by atoms with van der Waals surface area (Å²) in [6.07, 6.45) is 2.53. The molecule has 1 amide bonds.